The maximum atomic E-state index is 5.76. The molecule has 2 fully saturated rings. The summed E-state index contributed by atoms with van der Waals surface area (Å²) in [6.45, 7) is 2.61. The summed E-state index contributed by atoms with van der Waals surface area (Å²) >= 11 is 0. The Balaban J connectivity index is 1.58. The quantitative estimate of drug-likeness (QED) is 0.244. The molecule has 1 unspecified atom stereocenters. The maximum Gasteiger partial charge on any atom is 0.123 e. The molecule has 0 saturated heterocycles. The van der Waals surface area contributed by atoms with E-state index in [1.165, 1.54) is 80.1 Å². The van der Waals surface area contributed by atoms with Crippen LogP contribution in [-0.4, -0.2) is 45.4 Å². The monoisotopic (exact) mass is 594 g/mol. The molecule has 3 aliphatic rings. The van der Waals surface area contributed by atoms with Crippen LogP contribution in [0.3, 0.4) is 0 Å². The van der Waals surface area contributed by atoms with Crippen LogP contribution in [0.4, 0.5) is 0 Å². The summed E-state index contributed by atoms with van der Waals surface area (Å²) in [5.74, 6) is 3.73. The molecule has 0 amide bonds. The molecule has 6 heteroatoms. The fourth-order valence-electron chi connectivity index (χ4n) is 7.31. The van der Waals surface area contributed by atoms with Crippen molar-refractivity contribution in [3.63, 3.8) is 0 Å². The highest BCUT2D eigenvalue weighted by Gasteiger charge is 2.40. The predicted molar refractivity (Wildman–Crippen MR) is 176 cm³/mol. The largest absolute Gasteiger partial charge is 0.497 e. The van der Waals surface area contributed by atoms with Gasteiger partial charge in [0.25, 0.3) is 0 Å². The van der Waals surface area contributed by atoms with Gasteiger partial charge in [-0.3, -0.25) is 0 Å². The van der Waals surface area contributed by atoms with E-state index in [0.717, 1.165) is 34.3 Å². The van der Waals surface area contributed by atoms with Crippen LogP contribution in [0.2, 0.25) is 0 Å². The van der Waals surface area contributed by atoms with Gasteiger partial charge >= 0.3 is 0 Å². The number of benzene rings is 2. The molecule has 41 heavy (non-hydrogen) atoms. The van der Waals surface area contributed by atoms with E-state index < -0.39 is 7.92 Å². The minimum Gasteiger partial charge on any atom is -0.497 e. The van der Waals surface area contributed by atoms with Gasteiger partial charge in [-0.25, -0.2) is 0 Å². The van der Waals surface area contributed by atoms with Gasteiger partial charge < -0.3 is 18.9 Å². The van der Waals surface area contributed by atoms with Crippen molar-refractivity contribution >= 4 is 26.5 Å². The van der Waals surface area contributed by atoms with Crippen molar-refractivity contribution in [2.24, 2.45) is 5.92 Å². The standard InChI is InChI=1S/C35H48O4P2/c1-25(40(30-13-8-6-9-14-30)31-15-10-7-11-16-31)34-17-12-18-35(34)41(32-21-26(36-2)19-27(22-32)37-3)33-23-28(38-4)20-29(24-33)39-5/h12,17-25,30-31,34H,6-11,13-16H2,1-5H3/t25-,34?/m0/s1. The van der Waals surface area contributed by atoms with Crippen LogP contribution >= 0.6 is 15.8 Å². The number of ether oxygens (including phenoxy) is 4. The molecular formula is C35H48O4P2. The lowest BCUT2D eigenvalue weighted by molar-refractivity contribution is 0.395. The third kappa shape index (κ3) is 6.97. The van der Waals surface area contributed by atoms with Crippen molar-refractivity contribution in [3.8, 4) is 23.0 Å². The first-order valence-corrected chi connectivity index (χ1v) is 18.4. The van der Waals surface area contributed by atoms with Crippen LogP contribution in [-0.2, 0) is 0 Å². The fourth-order valence-corrected chi connectivity index (χ4v) is 14.7. The van der Waals surface area contributed by atoms with Gasteiger partial charge in [-0.05, 0) is 90.8 Å². The molecule has 0 radical (unpaired) electrons. The van der Waals surface area contributed by atoms with Crippen molar-refractivity contribution in [1.82, 2.24) is 0 Å². The highest BCUT2D eigenvalue weighted by atomic mass is 31.1. The summed E-state index contributed by atoms with van der Waals surface area (Å²) in [6.07, 6.45) is 21.6. The average molecular weight is 595 g/mol. The lowest BCUT2D eigenvalue weighted by Gasteiger charge is -2.44. The first-order chi connectivity index (χ1) is 20.1. The number of rotatable bonds is 11. The zero-order valence-corrected chi connectivity index (χ0v) is 27.4. The molecule has 0 spiro atoms. The van der Waals surface area contributed by atoms with E-state index in [4.69, 9.17) is 18.9 Å². The van der Waals surface area contributed by atoms with E-state index >= 15 is 0 Å². The summed E-state index contributed by atoms with van der Waals surface area (Å²) in [7, 11) is 5.98. The molecule has 0 aromatic heterocycles. The molecule has 2 aromatic carbocycles. The van der Waals surface area contributed by atoms with E-state index in [2.05, 4.69) is 49.4 Å². The van der Waals surface area contributed by atoms with Crippen molar-refractivity contribution < 1.29 is 18.9 Å². The predicted octanol–water partition coefficient (Wildman–Crippen LogP) is 8.76. The minimum atomic E-state index is -0.882. The molecule has 0 heterocycles. The summed E-state index contributed by atoms with van der Waals surface area (Å²) in [6, 6.07) is 12.7. The van der Waals surface area contributed by atoms with Crippen molar-refractivity contribution in [2.45, 2.75) is 88.1 Å². The Bertz CT molecular complexity index is 1090. The van der Waals surface area contributed by atoms with E-state index in [-0.39, 0.29) is 7.92 Å². The smallest absolute Gasteiger partial charge is 0.123 e. The van der Waals surface area contributed by atoms with Gasteiger partial charge in [0.15, 0.2) is 0 Å². The maximum absolute atomic E-state index is 5.76. The number of hydrogen-bond acceptors (Lipinski definition) is 4. The fraction of sp³-hybridized carbons (Fsp3) is 0.543. The second-order valence-electron chi connectivity index (χ2n) is 11.8. The van der Waals surface area contributed by atoms with E-state index in [1.54, 1.807) is 28.4 Å². The van der Waals surface area contributed by atoms with E-state index in [9.17, 15) is 0 Å². The average Bonchev–Trinajstić information content (AvgIpc) is 3.51. The Hall–Kier alpha value is -2.02. The molecular weight excluding hydrogens is 546 g/mol. The minimum absolute atomic E-state index is 0.0761. The molecule has 4 nitrogen and oxygen atoms in total. The Labute approximate surface area is 250 Å². The zero-order chi connectivity index (χ0) is 28.8. The highest BCUT2D eigenvalue weighted by molar-refractivity contribution is 7.77. The topological polar surface area (TPSA) is 36.9 Å². The summed E-state index contributed by atoms with van der Waals surface area (Å²) < 4.78 is 23.0. The molecule has 2 saturated carbocycles. The van der Waals surface area contributed by atoms with Gasteiger partial charge in [0.2, 0.25) is 0 Å². The van der Waals surface area contributed by atoms with Crippen LogP contribution in [0.5, 0.6) is 23.0 Å². The molecule has 0 N–H and O–H groups in total. The lowest BCUT2D eigenvalue weighted by Crippen LogP contribution is -2.30. The summed E-state index contributed by atoms with van der Waals surface area (Å²) in [5, 5.41) is 3.99. The molecule has 0 bridgehead atoms. The second kappa shape index (κ2) is 14.4. The van der Waals surface area contributed by atoms with Crippen LogP contribution < -0.4 is 29.6 Å². The number of methoxy groups -OCH3 is 4. The van der Waals surface area contributed by atoms with Gasteiger partial charge in [0.1, 0.15) is 23.0 Å². The number of allylic oxidation sites excluding steroid dienone is 4. The van der Waals surface area contributed by atoms with Crippen LogP contribution in [0.25, 0.3) is 0 Å². The van der Waals surface area contributed by atoms with Crippen molar-refractivity contribution in [3.05, 3.63) is 59.9 Å². The van der Waals surface area contributed by atoms with Crippen LogP contribution in [0, 0.1) is 5.92 Å². The Kier molecular flexibility index (Phi) is 10.7. The lowest BCUT2D eigenvalue weighted by atomic mass is 9.99. The summed E-state index contributed by atoms with van der Waals surface area (Å²) in [5.41, 5.74) is 2.51. The molecule has 2 aromatic rings. The van der Waals surface area contributed by atoms with Gasteiger partial charge in [-0.15, -0.1) is 0 Å². The van der Waals surface area contributed by atoms with Gasteiger partial charge in [0, 0.05) is 18.1 Å². The first-order valence-electron chi connectivity index (χ1n) is 15.5. The first kappa shape index (κ1) is 30.4. The van der Waals surface area contributed by atoms with Crippen molar-refractivity contribution in [2.75, 3.05) is 28.4 Å². The van der Waals surface area contributed by atoms with Crippen LogP contribution in [0.1, 0.15) is 71.1 Å². The summed E-state index contributed by atoms with van der Waals surface area (Å²) in [4.78, 5) is 0. The molecule has 222 valence electrons. The van der Waals surface area contributed by atoms with Crippen molar-refractivity contribution in [1.29, 1.82) is 0 Å². The van der Waals surface area contributed by atoms with Gasteiger partial charge in [0.05, 0.1) is 28.4 Å². The molecule has 5 rings (SSSR count). The van der Waals surface area contributed by atoms with Crippen LogP contribution in [0.15, 0.2) is 59.9 Å². The Morgan fingerprint density at radius 2 is 1.02 bits per heavy atom. The van der Waals surface area contributed by atoms with Gasteiger partial charge in [-0.2, -0.15) is 0 Å². The SMILES string of the molecule is COc1cc(OC)cc(P(C2=CC=CC2[C@H](C)P(C2CCCCC2)C2CCCCC2)c2cc(OC)cc(OC)c2)c1. The van der Waals surface area contributed by atoms with Gasteiger partial charge in [-0.1, -0.05) is 71.6 Å². The molecule has 2 atom stereocenters. The third-order valence-corrected chi connectivity index (χ3v) is 15.9. The molecule has 0 aliphatic heterocycles. The highest BCUT2D eigenvalue weighted by Crippen LogP contribution is 2.64. The second-order valence-corrected chi connectivity index (χ2v) is 17.1. The van der Waals surface area contributed by atoms with E-state index in [1.807, 2.05) is 12.1 Å². The third-order valence-electron chi connectivity index (χ3n) is 9.36. The normalized spacial score (nSPS) is 20.8. The Morgan fingerprint density at radius 3 is 1.41 bits per heavy atom. The molecule has 3 aliphatic carbocycles. The number of hydrogen-bond donors (Lipinski definition) is 0. The van der Waals surface area contributed by atoms with E-state index in [0.29, 0.717) is 11.6 Å². The Morgan fingerprint density at radius 1 is 0.610 bits per heavy atom. The zero-order valence-electron chi connectivity index (χ0n) is 25.6.